The molecule has 0 heterocycles. The molecule has 0 spiro atoms. The van der Waals surface area contributed by atoms with Crippen LogP contribution in [-0.2, 0) is 12.8 Å². The third kappa shape index (κ3) is 6.74. The summed E-state index contributed by atoms with van der Waals surface area (Å²) in [4.78, 5) is 0. The van der Waals surface area contributed by atoms with Crippen LogP contribution in [0.15, 0.2) is 72.8 Å². The first-order valence-corrected chi connectivity index (χ1v) is 11.0. The molecule has 2 unspecified atom stereocenters. The minimum absolute atomic E-state index is 0.420. The van der Waals surface area contributed by atoms with Crippen molar-refractivity contribution in [2.24, 2.45) is 0 Å². The number of benzene rings is 2. The van der Waals surface area contributed by atoms with Gasteiger partial charge in [-0.2, -0.15) is 0 Å². The van der Waals surface area contributed by atoms with Gasteiger partial charge in [0.15, 0.2) is 0 Å². The van der Waals surface area contributed by atoms with Gasteiger partial charge in [-0.1, -0.05) is 73.5 Å². The van der Waals surface area contributed by atoms with Crippen molar-refractivity contribution < 1.29 is 0 Å². The predicted molar refractivity (Wildman–Crippen MR) is 124 cm³/mol. The topological polar surface area (TPSA) is 0 Å². The minimum Gasteiger partial charge on any atom is -0.145 e. The number of aryl methyl sites for hydroxylation is 2. The van der Waals surface area contributed by atoms with Gasteiger partial charge in [0.1, 0.15) is 0 Å². The fourth-order valence-electron chi connectivity index (χ4n) is 3.35. The lowest BCUT2D eigenvalue weighted by molar-refractivity contribution is 0.868. The van der Waals surface area contributed by atoms with E-state index in [2.05, 4.69) is 101 Å². The Morgan fingerprint density at radius 1 is 0.778 bits per heavy atom. The van der Waals surface area contributed by atoms with E-state index in [-0.39, 0.29) is 0 Å². The first-order valence-electron chi connectivity index (χ1n) is 10.0. The molecule has 0 radical (unpaired) electrons. The van der Waals surface area contributed by atoms with Gasteiger partial charge in [0.05, 0.1) is 0 Å². The quantitative estimate of drug-likeness (QED) is 0.375. The minimum atomic E-state index is 0.420. The fraction of sp³-hybridized carbons (Fsp3) is 0.385. The van der Waals surface area contributed by atoms with Crippen molar-refractivity contribution in [2.75, 3.05) is 0 Å². The second kappa shape index (κ2) is 10.6. The second-order valence-electron chi connectivity index (χ2n) is 7.63. The summed E-state index contributed by atoms with van der Waals surface area (Å²) in [7, 11) is 0. The highest BCUT2D eigenvalue weighted by Gasteiger charge is 2.21. The molecule has 0 fully saturated rings. The Hall–Kier alpha value is -1.73. The Kier molecular flexibility index (Phi) is 8.44. The van der Waals surface area contributed by atoms with Crippen LogP contribution < -0.4 is 0 Å². The van der Waals surface area contributed by atoms with Gasteiger partial charge in [-0.25, -0.2) is 0 Å². The third-order valence-corrected chi connectivity index (χ3v) is 6.39. The monoisotopic (exact) mass is 378 g/mol. The molecule has 0 nitrogen and oxygen atoms in total. The maximum absolute atomic E-state index is 4.20. The number of thioether (sulfide) groups is 1. The Morgan fingerprint density at radius 2 is 1.19 bits per heavy atom. The van der Waals surface area contributed by atoms with E-state index in [1.165, 1.54) is 33.4 Å². The highest BCUT2D eigenvalue weighted by Crippen LogP contribution is 2.46. The molecule has 0 aliphatic rings. The van der Waals surface area contributed by atoms with Gasteiger partial charge in [-0.3, -0.25) is 0 Å². The van der Waals surface area contributed by atoms with Crippen LogP contribution in [0.5, 0.6) is 0 Å². The van der Waals surface area contributed by atoms with Crippen LogP contribution in [0.25, 0.3) is 0 Å². The zero-order valence-corrected chi connectivity index (χ0v) is 18.2. The molecule has 0 saturated heterocycles. The van der Waals surface area contributed by atoms with Crippen molar-refractivity contribution in [3.05, 3.63) is 95.1 Å². The number of rotatable bonds is 10. The van der Waals surface area contributed by atoms with E-state index in [9.17, 15) is 0 Å². The summed E-state index contributed by atoms with van der Waals surface area (Å²) >= 11 is 2.07. The van der Waals surface area contributed by atoms with Crippen LogP contribution in [0.4, 0.5) is 0 Å². The average molecular weight is 379 g/mol. The summed E-state index contributed by atoms with van der Waals surface area (Å²) < 4.78 is 0. The van der Waals surface area contributed by atoms with Crippen LogP contribution in [0.1, 0.15) is 73.3 Å². The molecule has 0 saturated carbocycles. The Morgan fingerprint density at radius 3 is 1.52 bits per heavy atom. The van der Waals surface area contributed by atoms with Gasteiger partial charge >= 0.3 is 0 Å². The molecule has 2 atom stereocenters. The summed E-state index contributed by atoms with van der Waals surface area (Å²) in [6.45, 7) is 17.1. The van der Waals surface area contributed by atoms with Crippen LogP contribution in [0, 0.1) is 0 Å². The molecule has 1 heteroatoms. The molecule has 0 aromatic heterocycles. The molecule has 0 N–H and O–H groups in total. The van der Waals surface area contributed by atoms with Crippen LogP contribution >= 0.6 is 11.8 Å². The maximum Gasteiger partial charge on any atom is 0.0340 e. The van der Waals surface area contributed by atoms with Gasteiger partial charge in [-0.05, 0) is 61.8 Å². The molecule has 0 bridgehead atoms. The average Bonchev–Trinajstić information content (AvgIpc) is 2.66. The SMILES string of the molecule is C=C(C)CC(SC(CC(=C)C)c1cccc(CC)c1)c1cccc(CC)c1. The van der Waals surface area contributed by atoms with Crippen molar-refractivity contribution in [2.45, 2.75) is 63.9 Å². The maximum atomic E-state index is 4.20. The van der Waals surface area contributed by atoms with Gasteiger partial charge in [0.25, 0.3) is 0 Å². The summed E-state index contributed by atoms with van der Waals surface area (Å²) in [6, 6.07) is 18.2. The van der Waals surface area contributed by atoms with Crippen LogP contribution in [0.2, 0.25) is 0 Å². The van der Waals surface area contributed by atoms with Crippen molar-refractivity contribution in [3.63, 3.8) is 0 Å². The normalized spacial score (nSPS) is 13.2. The van der Waals surface area contributed by atoms with Crippen LogP contribution in [-0.4, -0.2) is 0 Å². The van der Waals surface area contributed by atoms with E-state index in [1.807, 2.05) is 0 Å². The van der Waals surface area contributed by atoms with E-state index >= 15 is 0 Å². The summed E-state index contributed by atoms with van der Waals surface area (Å²) in [5.41, 5.74) is 8.13. The van der Waals surface area contributed by atoms with Crippen molar-refractivity contribution in [1.82, 2.24) is 0 Å². The van der Waals surface area contributed by atoms with E-state index < -0.39 is 0 Å². The second-order valence-corrected chi connectivity index (χ2v) is 9.04. The van der Waals surface area contributed by atoms with E-state index in [1.54, 1.807) is 0 Å². The summed E-state index contributed by atoms with van der Waals surface area (Å²) in [6.07, 6.45) is 4.17. The molecular weight excluding hydrogens is 344 g/mol. The van der Waals surface area contributed by atoms with Crippen molar-refractivity contribution in [3.8, 4) is 0 Å². The number of hydrogen-bond acceptors (Lipinski definition) is 1. The molecule has 144 valence electrons. The van der Waals surface area contributed by atoms with E-state index in [0.29, 0.717) is 10.5 Å². The molecule has 0 aliphatic carbocycles. The van der Waals surface area contributed by atoms with E-state index in [0.717, 1.165) is 25.7 Å². The molecular formula is C26H34S. The summed E-state index contributed by atoms with van der Waals surface area (Å²) in [5, 5.41) is 0.840. The molecule has 0 aliphatic heterocycles. The van der Waals surface area contributed by atoms with E-state index in [4.69, 9.17) is 0 Å². The first kappa shape index (κ1) is 21.6. The van der Waals surface area contributed by atoms with Crippen molar-refractivity contribution >= 4 is 11.8 Å². The predicted octanol–water partition coefficient (Wildman–Crippen LogP) is 8.26. The van der Waals surface area contributed by atoms with Gasteiger partial charge in [0.2, 0.25) is 0 Å². The molecule has 27 heavy (non-hydrogen) atoms. The lowest BCUT2D eigenvalue weighted by atomic mass is 10.0. The summed E-state index contributed by atoms with van der Waals surface area (Å²) in [5.74, 6) is 0. The Balaban J connectivity index is 2.36. The Labute approximate surface area is 170 Å². The third-order valence-electron chi connectivity index (χ3n) is 4.86. The molecule has 2 aromatic rings. The standard InChI is InChI=1S/C26H34S/c1-7-21-11-9-13-23(17-21)25(15-19(3)4)27-26(16-20(5)6)24-14-10-12-22(8-2)18-24/h9-14,17-18,25-26H,3,5,7-8,15-16H2,1-2,4,6H3. The molecule has 0 amide bonds. The highest BCUT2D eigenvalue weighted by atomic mass is 32.2. The molecule has 2 rings (SSSR count). The zero-order chi connectivity index (χ0) is 19.8. The first-order chi connectivity index (χ1) is 12.9. The highest BCUT2D eigenvalue weighted by molar-refractivity contribution is 7.99. The van der Waals surface area contributed by atoms with Crippen LogP contribution in [0.3, 0.4) is 0 Å². The smallest absolute Gasteiger partial charge is 0.0340 e. The van der Waals surface area contributed by atoms with Crippen molar-refractivity contribution in [1.29, 1.82) is 0 Å². The van der Waals surface area contributed by atoms with Gasteiger partial charge in [0, 0.05) is 10.5 Å². The fourth-order valence-corrected chi connectivity index (χ4v) is 5.11. The van der Waals surface area contributed by atoms with Gasteiger partial charge in [-0.15, -0.1) is 24.9 Å². The molecule has 2 aromatic carbocycles. The Bertz CT molecular complexity index is 706. The van der Waals surface area contributed by atoms with Gasteiger partial charge < -0.3 is 0 Å². The largest absolute Gasteiger partial charge is 0.145 e. The number of hydrogen-bond donors (Lipinski definition) is 0. The number of allylic oxidation sites excluding steroid dienone is 2. The lowest BCUT2D eigenvalue weighted by Gasteiger charge is -2.25. The zero-order valence-electron chi connectivity index (χ0n) is 17.4. The lowest BCUT2D eigenvalue weighted by Crippen LogP contribution is -2.03.